The molecule has 4 heavy (non-hydrogen) atoms. The van der Waals surface area contributed by atoms with Crippen LogP contribution in [0.5, 0.6) is 0 Å². The Morgan fingerprint density at radius 3 is 2.25 bits per heavy atom. The number of hydrogen-bond donors (Lipinski definition) is 0. The molecule has 1 unspecified atom stereocenters. The average molecular weight is 57.1 g/mol. The minimum Gasteiger partial charge on any atom is -0.354 e. The van der Waals surface area contributed by atoms with Crippen molar-refractivity contribution in [2.75, 3.05) is 6.61 Å². The van der Waals surface area contributed by atoms with Gasteiger partial charge in [0, 0.05) is 0 Å². The second-order valence-corrected chi connectivity index (χ2v) is 0.788. The highest BCUT2D eigenvalue weighted by Gasteiger charge is 2.17. The summed E-state index contributed by atoms with van der Waals surface area (Å²) in [6.45, 7) is 0.542. The van der Waals surface area contributed by atoms with Crippen molar-refractivity contribution in [3.63, 3.8) is 0 Å². The molecule has 0 spiro atoms. The van der Waals surface area contributed by atoms with Gasteiger partial charge in [0.25, 0.3) is 0 Å². The fraction of sp³-hybridized carbons (Fsp3) is 1.00. The maximum atomic E-state index is 7.94. The van der Waals surface area contributed by atoms with Gasteiger partial charge in [0.15, 0.2) is 6.23 Å². The molecule has 0 saturated carbocycles. The van der Waals surface area contributed by atoms with Crippen molar-refractivity contribution in [3.8, 4) is 0 Å². The molecule has 1 fully saturated rings. The molecule has 1 rings (SSSR count). The predicted molar refractivity (Wildman–Crippen MR) is 11.9 cm³/mol. The van der Waals surface area contributed by atoms with Crippen molar-refractivity contribution < 1.29 is 4.74 Å². The summed E-state index contributed by atoms with van der Waals surface area (Å²) in [7, 11) is 0. The second-order valence-electron chi connectivity index (χ2n) is 0.788. The normalized spacial score (nSPS) is 39.8. The molecule has 0 aromatic heterocycles. The Balaban J connectivity index is 2.17. The lowest BCUT2D eigenvalue weighted by Crippen LogP contribution is -1.75. The van der Waals surface area contributed by atoms with Crippen molar-refractivity contribution in [3.05, 3.63) is 0 Å². The first-order valence-electron chi connectivity index (χ1n) is 1.19. The van der Waals surface area contributed by atoms with Crippen LogP contribution >= 0.6 is 0 Å². The van der Waals surface area contributed by atoms with E-state index in [-0.39, 0.29) is 0 Å². The Morgan fingerprint density at radius 2 is 2.25 bits per heavy atom. The molecule has 1 atom stereocenters. The first kappa shape index (κ1) is 2.18. The molecule has 0 aliphatic carbocycles. The van der Waals surface area contributed by atoms with Crippen molar-refractivity contribution in [2.45, 2.75) is 6.23 Å². The molecule has 1 heterocycles. The van der Waals surface area contributed by atoms with Gasteiger partial charge in [0.1, 0.15) is 0 Å². The molecule has 0 N–H and O–H groups in total. The third-order valence-corrected chi connectivity index (χ3v) is 0.316. The maximum Gasteiger partial charge on any atom is 0.164 e. The van der Waals surface area contributed by atoms with Crippen LogP contribution < -0.4 is 5.73 Å². The quantitative estimate of drug-likeness (QED) is 0.342. The molecule has 1 aliphatic rings. The zero-order valence-corrected chi connectivity index (χ0v) is 2.14. The number of hydrogen-bond acceptors (Lipinski definition) is 1. The van der Waals surface area contributed by atoms with Crippen molar-refractivity contribution in [1.29, 1.82) is 0 Å². The predicted octanol–water partition coefficient (Wildman–Crippen LogP) is -0.589. The van der Waals surface area contributed by atoms with E-state index in [1.807, 2.05) is 0 Å². The van der Waals surface area contributed by atoms with Crippen molar-refractivity contribution in [2.24, 2.45) is 0 Å². The van der Waals surface area contributed by atoms with E-state index in [4.69, 9.17) is 5.73 Å². The van der Waals surface area contributed by atoms with Gasteiger partial charge in [-0.05, 0) is 0 Å². The van der Waals surface area contributed by atoms with Crippen LogP contribution in [0.4, 0.5) is 0 Å². The van der Waals surface area contributed by atoms with Gasteiger partial charge in [-0.15, -0.1) is 5.73 Å². The number of rotatable bonds is 0. The minimum absolute atomic E-state index is 0.417. The zero-order chi connectivity index (χ0) is 2.99. The fourth-order valence-electron chi connectivity index (χ4n) is 0.0430. The average Bonchev–Trinajstić information content (AvgIpc) is 1.75. The Morgan fingerprint density at radius 1 is 2.00 bits per heavy atom. The van der Waals surface area contributed by atoms with Gasteiger partial charge in [-0.3, -0.25) is 0 Å². The lowest BCUT2D eigenvalue weighted by Gasteiger charge is -1.47. The van der Waals surface area contributed by atoms with Gasteiger partial charge >= 0.3 is 0 Å². The molecule has 0 aromatic carbocycles. The van der Waals surface area contributed by atoms with Crippen LogP contribution in [0.1, 0.15) is 0 Å². The molecule has 0 aromatic rings. The van der Waals surface area contributed by atoms with Gasteiger partial charge < -0.3 is 4.74 Å². The Labute approximate surface area is 24.6 Å². The lowest BCUT2D eigenvalue weighted by molar-refractivity contribution is 0.409. The summed E-state index contributed by atoms with van der Waals surface area (Å²) in [4.78, 5) is 0. The van der Waals surface area contributed by atoms with E-state index in [0.717, 1.165) is 0 Å². The molecule has 2 nitrogen and oxygen atoms in total. The summed E-state index contributed by atoms with van der Waals surface area (Å²) < 4.78 is 4.26. The summed E-state index contributed by atoms with van der Waals surface area (Å²) in [5, 5.41) is 0. The van der Waals surface area contributed by atoms with Gasteiger partial charge in [-0.25, -0.2) is 0 Å². The summed E-state index contributed by atoms with van der Waals surface area (Å²) in [5.41, 5.74) is 7.94. The van der Waals surface area contributed by atoms with E-state index in [2.05, 4.69) is 4.74 Å². The van der Waals surface area contributed by atoms with E-state index in [1.54, 1.807) is 0 Å². The van der Waals surface area contributed by atoms with Crippen molar-refractivity contribution in [1.82, 2.24) is 5.73 Å². The highest BCUT2D eigenvalue weighted by atomic mass is 16.6. The van der Waals surface area contributed by atoms with Crippen LogP contribution in [0.3, 0.4) is 0 Å². The minimum atomic E-state index is -0.417. The third kappa shape index (κ3) is 0.191. The van der Waals surface area contributed by atoms with Crippen LogP contribution in [0, 0.1) is 0 Å². The molecular weight excluding hydrogens is 54.0 g/mol. The van der Waals surface area contributed by atoms with Gasteiger partial charge in [-0.1, -0.05) is 0 Å². The van der Waals surface area contributed by atoms with E-state index in [0.29, 0.717) is 6.61 Å². The van der Waals surface area contributed by atoms with Gasteiger partial charge in [0.2, 0.25) is 0 Å². The van der Waals surface area contributed by atoms with Crippen LogP contribution in [0.25, 0.3) is 0 Å². The molecule has 0 bridgehead atoms. The van der Waals surface area contributed by atoms with Crippen LogP contribution in [-0.4, -0.2) is 12.8 Å². The monoisotopic (exact) mass is 57.0 g/mol. The van der Waals surface area contributed by atoms with Crippen LogP contribution in [-0.2, 0) is 4.74 Å². The zero-order valence-electron chi connectivity index (χ0n) is 2.14. The SMILES string of the molecule is [N]C1CO1. The maximum absolute atomic E-state index is 7.94. The smallest absolute Gasteiger partial charge is 0.164 e. The molecule has 1 saturated heterocycles. The van der Waals surface area contributed by atoms with E-state index in [9.17, 15) is 0 Å². The molecule has 0 amide bonds. The fourth-order valence-corrected chi connectivity index (χ4v) is 0.0430. The highest BCUT2D eigenvalue weighted by molar-refractivity contribution is 4.54. The summed E-state index contributed by atoms with van der Waals surface area (Å²) >= 11 is 0. The lowest BCUT2D eigenvalue weighted by atomic mass is 10.8. The standard InChI is InChI=1S/C2H3NO/c3-2-1-4-2/h2H,1H2. The van der Waals surface area contributed by atoms with Crippen LogP contribution in [0.15, 0.2) is 0 Å². The molecule has 2 radical (unpaired) electrons. The van der Waals surface area contributed by atoms with Crippen molar-refractivity contribution >= 4 is 0 Å². The number of epoxide rings is 1. The first-order chi connectivity index (χ1) is 1.89. The molecule has 22 valence electrons. The summed E-state index contributed by atoms with van der Waals surface area (Å²) in [6, 6.07) is 0. The number of nitrogens with zero attached hydrogens (tertiary/aromatic N) is 1. The van der Waals surface area contributed by atoms with Gasteiger partial charge in [0.05, 0.1) is 6.61 Å². The Kier molecular flexibility index (Phi) is 0.242. The molecule has 2 heteroatoms. The third-order valence-electron chi connectivity index (χ3n) is 0.316. The Bertz CT molecular complexity index is 25.2. The Hall–Kier alpha value is -0.0800. The van der Waals surface area contributed by atoms with E-state index in [1.165, 1.54) is 0 Å². The molecular formula is C2H3NO. The summed E-state index contributed by atoms with van der Waals surface area (Å²) in [6.07, 6.45) is -0.417. The molecule has 1 aliphatic heterocycles. The van der Waals surface area contributed by atoms with E-state index >= 15 is 0 Å². The highest BCUT2D eigenvalue weighted by Crippen LogP contribution is 1.99. The summed E-state index contributed by atoms with van der Waals surface area (Å²) in [5.74, 6) is 0. The second kappa shape index (κ2) is 0.445. The van der Waals surface area contributed by atoms with E-state index < -0.39 is 6.23 Å². The number of ether oxygens (including phenoxy) is 1. The first-order valence-corrected chi connectivity index (χ1v) is 1.19. The largest absolute Gasteiger partial charge is 0.354 e. The topological polar surface area (TPSA) is 34.8 Å². The van der Waals surface area contributed by atoms with Crippen LogP contribution in [0.2, 0.25) is 0 Å². The van der Waals surface area contributed by atoms with Gasteiger partial charge in [-0.2, -0.15) is 0 Å².